The van der Waals surface area contributed by atoms with Crippen molar-refractivity contribution in [3.8, 4) is 0 Å². The van der Waals surface area contributed by atoms with Crippen molar-refractivity contribution in [2.45, 2.75) is 35.4 Å². The summed E-state index contributed by atoms with van der Waals surface area (Å²) in [6.45, 7) is 0. The number of amides is 1. The minimum absolute atomic E-state index is 0.0524. The number of carbonyl (C=O) groups excluding carboxylic acids is 1. The van der Waals surface area contributed by atoms with Gasteiger partial charge in [-0.15, -0.1) is 0 Å². The van der Waals surface area contributed by atoms with Crippen LogP contribution in [0.25, 0.3) is 0 Å². The standard InChI is InChI=1S/C16H20N4OS/c1-20-9-8-18-16(20)22-14-6-4-13(5-7-14)19-15(21)11-2-3-12(17)10-11/h4-9,11-12H,2-3,10,17H2,1H3,(H,19,21). The van der Waals surface area contributed by atoms with Gasteiger partial charge >= 0.3 is 0 Å². The van der Waals surface area contributed by atoms with Gasteiger partial charge < -0.3 is 15.6 Å². The Hall–Kier alpha value is -1.79. The van der Waals surface area contributed by atoms with E-state index in [1.807, 2.05) is 42.1 Å². The quantitative estimate of drug-likeness (QED) is 0.909. The van der Waals surface area contributed by atoms with Crippen LogP contribution in [-0.4, -0.2) is 21.5 Å². The van der Waals surface area contributed by atoms with Gasteiger partial charge in [0.1, 0.15) is 0 Å². The molecule has 1 aromatic heterocycles. The molecule has 2 aromatic rings. The summed E-state index contributed by atoms with van der Waals surface area (Å²) in [6, 6.07) is 8.02. The van der Waals surface area contributed by atoms with Gasteiger partial charge in [-0.05, 0) is 43.5 Å². The molecule has 1 aliphatic rings. The molecule has 1 fully saturated rings. The Balaban J connectivity index is 1.59. The van der Waals surface area contributed by atoms with Crippen molar-refractivity contribution in [1.82, 2.24) is 9.55 Å². The molecular formula is C16H20N4OS. The molecular weight excluding hydrogens is 296 g/mol. The highest BCUT2D eigenvalue weighted by Crippen LogP contribution is 2.28. The first-order valence-electron chi connectivity index (χ1n) is 7.43. The van der Waals surface area contributed by atoms with E-state index in [2.05, 4.69) is 10.3 Å². The number of hydrogen-bond acceptors (Lipinski definition) is 4. The number of carbonyl (C=O) groups is 1. The molecule has 5 nitrogen and oxygen atoms in total. The first kappa shape index (κ1) is 15.1. The molecule has 22 heavy (non-hydrogen) atoms. The Kier molecular flexibility index (Phi) is 4.49. The third-order valence-corrected chi connectivity index (χ3v) is 5.04. The number of nitrogens with one attached hydrogen (secondary N) is 1. The SMILES string of the molecule is Cn1ccnc1Sc1ccc(NC(=O)C2CCC(N)C2)cc1. The van der Waals surface area contributed by atoms with Crippen LogP contribution in [0, 0.1) is 5.92 Å². The summed E-state index contributed by atoms with van der Waals surface area (Å²) in [5.74, 6) is 0.133. The van der Waals surface area contributed by atoms with Gasteiger partial charge in [-0.25, -0.2) is 4.98 Å². The highest BCUT2D eigenvalue weighted by molar-refractivity contribution is 7.99. The van der Waals surface area contributed by atoms with E-state index in [0.29, 0.717) is 0 Å². The molecule has 1 aromatic carbocycles. The number of imidazole rings is 1. The predicted molar refractivity (Wildman–Crippen MR) is 87.7 cm³/mol. The van der Waals surface area contributed by atoms with Gasteiger partial charge in [-0.2, -0.15) is 0 Å². The normalized spacial score (nSPS) is 21.0. The molecule has 0 aliphatic heterocycles. The number of aryl methyl sites for hydroxylation is 1. The molecule has 116 valence electrons. The summed E-state index contributed by atoms with van der Waals surface area (Å²) in [5, 5.41) is 3.92. The highest BCUT2D eigenvalue weighted by atomic mass is 32.2. The van der Waals surface area contributed by atoms with Crippen LogP contribution in [0.15, 0.2) is 46.7 Å². The van der Waals surface area contributed by atoms with Gasteiger partial charge in [0.05, 0.1) is 0 Å². The second kappa shape index (κ2) is 6.54. The highest BCUT2D eigenvalue weighted by Gasteiger charge is 2.27. The third-order valence-electron chi connectivity index (χ3n) is 3.95. The molecule has 3 N–H and O–H groups in total. The topological polar surface area (TPSA) is 72.9 Å². The van der Waals surface area contributed by atoms with Crippen molar-refractivity contribution >= 4 is 23.4 Å². The zero-order chi connectivity index (χ0) is 15.5. The van der Waals surface area contributed by atoms with Gasteiger partial charge in [0, 0.05) is 42.0 Å². The lowest BCUT2D eigenvalue weighted by Gasteiger charge is -2.11. The Labute approximate surface area is 134 Å². The molecule has 0 bridgehead atoms. The first-order chi connectivity index (χ1) is 10.6. The minimum atomic E-state index is 0.0524. The van der Waals surface area contributed by atoms with Crippen LogP contribution < -0.4 is 11.1 Å². The van der Waals surface area contributed by atoms with E-state index in [4.69, 9.17) is 5.73 Å². The Morgan fingerprint density at radius 3 is 2.73 bits per heavy atom. The van der Waals surface area contributed by atoms with E-state index in [1.165, 1.54) is 0 Å². The number of hydrogen-bond donors (Lipinski definition) is 2. The van der Waals surface area contributed by atoms with E-state index in [9.17, 15) is 4.79 Å². The summed E-state index contributed by atoms with van der Waals surface area (Å²) in [5.41, 5.74) is 6.69. The summed E-state index contributed by atoms with van der Waals surface area (Å²) in [4.78, 5) is 17.5. The second-order valence-electron chi connectivity index (χ2n) is 5.71. The van der Waals surface area contributed by atoms with Crippen LogP contribution >= 0.6 is 11.8 Å². The van der Waals surface area contributed by atoms with E-state index in [1.54, 1.807) is 18.0 Å². The monoisotopic (exact) mass is 316 g/mol. The van der Waals surface area contributed by atoms with E-state index in [0.717, 1.165) is 35.0 Å². The average molecular weight is 316 g/mol. The van der Waals surface area contributed by atoms with Crippen molar-refractivity contribution < 1.29 is 4.79 Å². The fourth-order valence-corrected chi connectivity index (χ4v) is 3.46. The zero-order valence-corrected chi connectivity index (χ0v) is 13.3. The second-order valence-corrected chi connectivity index (χ2v) is 6.75. The lowest BCUT2D eigenvalue weighted by Crippen LogP contribution is -2.23. The van der Waals surface area contributed by atoms with Gasteiger partial charge in [-0.1, -0.05) is 11.8 Å². The van der Waals surface area contributed by atoms with Gasteiger partial charge in [0.2, 0.25) is 5.91 Å². The molecule has 1 aliphatic carbocycles. The van der Waals surface area contributed by atoms with Crippen molar-refractivity contribution in [3.63, 3.8) is 0 Å². The predicted octanol–water partition coefficient (Wildman–Crippen LogP) is 2.64. The molecule has 0 spiro atoms. The average Bonchev–Trinajstić information content (AvgIpc) is 3.10. The number of nitrogens with zero attached hydrogens (tertiary/aromatic N) is 2. The van der Waals surface area contributed by atoms with Gasteiger partial charge in [0.25, 0.3) is 0 Å². The molecule has 3 rings (SSSR count). The van der Waals surface area contributed by atoms with Crippen molar-refractivity contribution in [2.75, 3.05) is 5.32 Å². The Bertz CT molecular complexity index is 652. The molecule has 2 atom stereocenters. The Morgan fingerprint density at radius 2 is 2.14 bits per heavy atom. The zero-order valence-electron chi connectivity index (χ0n) is 12.5. The molecule has 2 unspecified atom stereocenters. The smallest absolute Gasteiger partial charge is 0.227 e. The lowest BCUT2D eigenvalue weighted by atomic mass is 10.1. The first-order valence-corrected chi connectivity index (χ1v) is 8.25. The third kappa shape index (κ3) is 3.51. The van der Waals surface area contributed by atoms with Crippen LogP contribution in [0.1, 0.15) is 19.3 Å². The van der Waals surface area contributed by atoms with E-state index in [-0.39, 0.29) is 17.9 Å². The molecule has 6 heteroatoms. The van der Waals surface area contributed by atoms with Crippen molar-refractivity contribution in [3.05, 3.63) is 36.7 Å². The maximum absolute atomic E-state index is 12.2. The lowest BCUT2D eigenvalue weighted by molar-refractivity contribution is -0.119. The molecule has 1 amide bonds. The molecule has 1 saturated carbocycles. The minimum Gasteiger partial charge on any atom is -0.329 e. The fraction of sp³-hybridized carbons (Fsp3) is 0.375. The maximum atomic E-state index is 12.2. The summed E-state index contributed by atoms with van der Waals surface area (Å²) in [6.07, 6.45) is 6.32. The number of aromatic nitrogens is 2. The van der Waals surface area contributed by atoms with Gasteiger partial charge in [0.15, 0.2) is 5.16 Å². The van der Waals surface area contributed by atoms with Crippen molar-refractivity contribution in [1.29, 1.82) is 0 Å². The van der Waals surface area contributed by atoms with Crippen molar-refractivity contribution in [2.24, 2.45) is 18.7 Å². The Morgan fingerprint density at radius 1 is 1.36 bits per heavy atom. The van der Waals surface area contributed by atoms with Crippen LogP contribution in [-0.2, 0) is 11.8 Å². The number of benzene rings is 1. The van der Waals surface area contributed by atoms with Crippen LogP contribution in [0.3, 0.4) is 0 Å². The number of anilines is 1. The molecule has 0 radical (unpaired) electrons. The van der Waals surface area contributed by atoms with E-state index < -0.39 is 0 Å². The number of rotatable bonds is 4. The van der Waals surface area contributed by atoms with Crippen LogP contribution in [0.2, 0.25) is 0 Å². The molecule has 1 heterocycles. The van der Waals surface area contributed by atoms with Crippen LogP contribution in [0.4, 0.5) is 5.69 Å². The van der Waals surface area contributed by atoms with E-state index >= 15 is 0 Å². The summed E-state index contributed by atoms with van der Waals surface area (Å²) in [7, 11) is 1.97. The maximum Gasteiger partial charge on any atom is 0.227 e. The number of nitrogens with two attached hydrogens (primary N) is 1. The largest absolute Gasteiger partial charge is 0.329 e. The van der Waals surface area contributed by atoms with Crippen LogP contribution in [0.5, 0.6) is 0 Å². The molecule has 0 saturated heterocycles. The fourth-order valence-electron chi connectivity index (χ4n) is 2.66. The summed E-state index contributed by atoms with van der Waals surface area (Å²) < 4.78 is 1.98. The summed E-state index contributed by atoms with van der Waals surface area (Å²) >= 11 is 1.60. The van der Waals surface area contributed by atoms with Gasteiger partial charge in [-0.3, -0.25) is 4.79 Å².